The van der Waals surface area contributed by atoms with Gasteiger partial charge in [0.2, 0.25) is 0 Å². The molecule has 0 aliphatic heterocycles. The van der Waals surface area contributed by atoms with Gasteiger partial charge in [0.05, 0.1) is 4.90 Å². The normalized spacial score (nSPS) is 11.3. The monoisotopic (exact) mass is 302 g/mol. The standard InChI is InChI=1S/C14H16O3S.K/c1-3-10-5-6-12-8-7-11(4-2)14(13(12)9-10)18(15,16)17;/h5-9H,3-4H2,1-2H3,(H,15,16,17);/q;+1/p-1. The van der Waals surface area contributed by atoms with Crippen LogP contribution in [0.4, 0.5) is 0 Å². The van der Waals surface area contributed by atoms with Crippen LogP contribution in [0.5, 0.6) is 0 Å². The van der Waals surface area contributed by atoms with Crippen molar-refractivity contribution in [3.8, 4) is 0 Å². The van der Waals surface area contributed by atoms with E-state index in [-0.39, 0.29) is 56.3 Å². The molecule has 3 nitrogen and oxygen atoms in total. The maximum atomic E-state index is 11.5. The predicted octanol–water partition coefficient (Wildman–Crippen LogP) is -0.127. The molecule has 5 heteroatoms. The molecule has 2 rings (SSSR count). The Morgan fingerprint density at radius 2 is 1.68 bits per heavy atom. The summed E-state index contributed by atoms with van der Waals surface area (Å²) in [6.07, 6.45) is 1.34. The Kier molecular flexibility index (Phi) is 6.19. The molecule has 2 aromatic carbocycles. The minimum absolute atomic E-state index is 0. The minimum Gasteiger partial charge on any atom is -0.744 e. The number of aryl methyl sites for hydroxylation is 2. The van der Waals surface area contributed by atoms with Gasteiger partial charge in [0, 0.05) is 0 Å². The summed E-state index contributed by atoms with van der Waals surface area (Å²) in [6.45, 7) is 3.84. The third-order valence-electron chi connectivity index (χ3n) is 3.16. The molecule has 0 aliphatic carbocycles. The Labute approximate surface area is 156 Å². The summed E-state index contributed by atoms with van der Waals surface area (Å²) in [7, 11) is -4.45. The molecule has 0 saturated carbocycles. The van der Waals surface area contributed by atoms with Gasteiger partial charge in [0.1, 0.15) is 10.1 Å². The fourth-order valence-corrected chi connectivity index (χ4v) is 3.16. The van der Waals surface area contributed by atoms with Crippen molar-refractivity contribution in [2.75, 3.05) is 0 Å². The van der Waals surface area contributed by atoms with Crippen LogP contribution < -0.4 is 51.4 Å². The summed E-state index contributed by atoms with van der Waals surface area (Å²) < 4.78 is 34.4. The van der Waals surface area contributed by atoms with Crippen molar-refractivity contribution in [1.82, 2.24) is 0 Å². The van der Waals surface area contributed by atoms with Crippen LogP contribution in [0.3, 0.4) is 0 Å². The molecule has 0 spiro atoms. The average molecular weight is 302 g/mol. The van der Waals surface area contributed by atoms with Gasteiger partial charge < -0.3 is 4.55 Å². The Balaban J connectivity index is 0.00000180. The third-order valence-corrected chi connectivity index (χ3v) is 4.14. The van der Waals surface area contributed by atoms with Gasteiger partial charge >= 0.3 is 51.4 Å². The van der Waals surface area contributed by atoms with Gasteiger partial charge in [0.25, 0.3) is 0 Å². The number of rotatable bonds is 3. The molecule has 0 N–H and O–H groups in total. The number of benzene rings is 2. The van der Waals surface area contributed by atoms with Gasteiger partial charge in [-0.05, 0) is 40.8 Å². The zero-order valence-electron chi connectivity index (χ0n) is 11.4. The van der Waals surface area contributed by atoms with Crippen molar-refractivity contribution >= 4 is 20.9 Å². The molecule has 0 aliphatic rings. The first-order chi connectivity index (χ1) is 8.47. The Morgan fingerprint density at radius 1 is 1.05 bits per heavy atom. The molecule has 0 aromatic heterocycles. The number of hydrogen-bond donors (Lipinski definition) is 0. The smallest absolute Gasteiger partial charge is 0.744 e. The zero-order valence-corrected chi connectivity index (χ0v) is 15.4. The summed E-state index contributed by atoms with van der Waals surface area (Å²) in [4.78, 5) is -0.0576. The summed E-state index contributed by atoms with van der Waals surface area (Å²) in [5, 5.41) is 1.34. The predicted molar refractivity (Wildman–Crippen MR) is 70.7 cm³/mol. The summed E-state index contributed by atoms with van der Waals surface area (Å²) in [5.74, 6) is 0. The van der Waals surface area contributed by atoms with E-state index in [1.165, 1.54) is 0 Å². The summed E-state index contributed by atoms with van der Waals surface area (Å²) in [5.41, 5.74) is 1.62. The van der Waals surface area contributed by atoms with Crippen LogP contribution in [0.2, 0.25) is 0 Å². The molecule has 19 heavy (non-hydrogen) atoms. The quantitative estimate of drug-likeness (QED) is 0.586. The van der Waals surface area contributed by atoms with E-state index in [1.807, 2.05) is 32.0 Å². The van der Waals surface area contributed by atoms with E-state index in [4.69, 9.17) is 0 Å². The zero-order chi connectivity index (χ0) is 13.3. The van der Waals surface area contributed by atoms with Crippen LogP contribution in [0.25, 0.3) is 10.8 Å². The molecule has 0 amide bonds. The Morgan fingerprint density at radius 3 is 2.21 bits per heavy atom. The van der Waals surface area contributed by atoms with Gasteiger partial charge in [-0.15, -0.1) is 0 Å². The van der Waals surface area contributed by atoms with Crippen molar-refractivity contribution in [2.45, 2.75) is 31.6 Å². The van der Waals surface area contributed by atoms with Gasteiger partial charge in [-0.25, -0.2) is 8.42 Å². The topological polar surface area (TPSA) is 57.2 Å². The molecule has 0 atom stereocenters. The van der Waals surface area contributed by atoms with E-state index in [9.17, 15) is 13.0 Å². The van der Waals surface area contributed by atoms with Crippen molar-refractivity contribution in [3.63, 3.8) is 0 Å². The summed E-state index contributed by atoms with van der Waals surface area (Å²) in [6, 6.07) is 9.21. The molecule has 0 radical (unpaired) electrons. The molecule has 0 saturated heterocycles. The fourth-order valence-electron chi connectivity index (χ4n) is 2.18. The van der Waals surface area contributed by atoms with E-state index in [0.717, 1.165) is 17.4 Å². The van der Waals surface area contributed by atoms with Crippen molar-refractivity contribution in [3.05, 3.63) is 41.5 Å². The van der Waals surface area contributed by atoms with E-state index < -0.39 is 10.1 Å². The Bertz CT molecular complexity index is 688. The SMILES string of the molecule is CCc1ccc2ccc(CC)c(S(=O)(=O)[O-])c2c1.[K+]. The average Bonchev–Trinajstić information content (AvgIpc) is 2.35. The van der Waals surface area contributed by atoms with E-state index in [0.29, 0.717) is 17.4 Å². The van der Waals surface area contributed by atoms with Crippen LogP contribution in [-0.2, 0) is 23.0 Å². The number of fused-ring (bicyclic) bond motifs is 1. The summed E-state index contributed by atoms with van der Waals surface area (Å²) >= 11 is 0. The van der Waals surface area contributed by atoms with Gasteiger partial charge in [0.15, 0.2) is 0 Å². The molecule has 0 bridgehead atoms. The second kappa shape index (κ2) is 6.80. The Hall–Kier alpha value is 0.246. The van der Waals surface area contributed by atoms with Crippen LogP contribution >= 0.6 is 0 Å². The first-order valence-corrected chi connectivity index (χ1v) is 7.38. The van der Waals surface area contributed by atoms with E-state index in [2.05, 4.69) is 0 Å². The molecular weight excluding hydrogens is 287 g/mol. The minimum atomic E-state index is -4.45. The van der Waals surface area contributed by atoms with E-state index >= 15 is 0 Å². The molecular formula is C14H15KO3S. The van der Waals surface area contributed by atoms with Crippen LogP contribution in [0.1, 0.15) is 25.0 Å². The second-order valence-electron chi connectivity index (χ2n) is 4.27. The third kappa shape index (κ3) is 3.67. The van der Waals surface area contributed by atoms with Gasteiger partial charge in [-0.1, -0.05) is 38.1 Å². The second-order valence-corrected chi connectivity index (χ2v) is 5.59. The number of hydrogen-bond acceptors (Lipinski definition) is 3. The maximum absolute atomic E-state index is 11.5. The van der Waals surface area contributed by atoms with Gasteiger partial charge in [-0.3, -0.25) is 0 Å². The van der Waals surface area contributed by atoms with Crippen LogP contribution in [0.15, 0.2) is 35.2 Å². The molecule has 0 fully saturated rings. The molecule has 0 heterocycles. The largest absolute Gasteiger partial charge is 1.00 e. The maximum Gasteiger partial charge on any atom is 1.00 e. The molecule has 2 aromatic rings. The van der Waals surface area contributed by atoms with E-state index in [1.54, 1.807) is 12.1 Å². The molecule has 96 valence electrons. The van der Waals surface area contributed by atoms with Crippen LogP contribution in [-0.4, -0.2) is 13.0 Å². The molecule has 0 unspecified atom stereocenters. The first-order valence-electron chi connectivity index (χ1n) is 5.97. The van der Waals surface area contributed by atoms with Crippen molar-refractivity contribution in [1.29, 1.82) is 0 Å². The fraction of sp³-hybridized carbons (Fsp3) is 0.286. The van der Waals surface area contributed by atoms with Crippen molar-refractivity contribution in [2.24, 2.45) is 0 Å². The van der Waals surface area contributed by atoms with Crippen LogP contribution in [0, 0.1) is 0 Å². The van der Waals surface area contributed by atoms with Gasteiger partial charge in [-0.2, -0.15) is 0 Å². The van der Waals surface area contributed by atoms with Crippen molar-refractivity contribution < 1.29 is 64.4 Å². The first kappa shape index (κ1) is 17.3.